The third kappa shape index (κ3) is 2.55. The summed E-state index contributed by atoms with van der Waals surface area (Å²) in [5.41, 5.74) is 0.511. The standard InChI is InChI=1S/C13H8F3N3/c1-8-11(6-17)18-7-19-12(8)9-3-2-4-10(5-9)13(14,15)16/h2-5,7H,1H3. The summed E-state index contributed by atoms with van der Waals surface area (Å²) < 4.78 is 37.9. The highest BCUT2D eigenvalue weighted by molar-refractivity contribution is 5.65. The van der Waals surface area contributed by atoms with E-state index in [0.717, 1.165) is 12.1 Å². The molecule has 0 atom stereocenters. The molecular weight excluding hydrogens is 255 g/mol. The molecule has 1 aromatic carbocycles. The Morgan fingerprint density at radius 2 is 1.95 bits per heavy atom. The highest BCUT2D eigenvalue weighted by Gasteiger charge is 2.30. The molecular formula is C13H8F3N3. The summed E-state index contributed by atoms with van der Waals surface area (Å²) in [4.78, 5) is 7.71. The van der Waals surface area contributed by atoms with Crippen molar-refractivity contribution in [3.05, 3.63) is 47.4 Å². The van der Waals surface area contributed by atoms with Gasteiger partial charge in [0, 0.05) is 11.1 Å². The fourth-order valence-electron chi connectivity index (χ4n) is 1.70. The topological polar surface area (TPSA) is 49.6 Å². The van der Waals surface area contributed by atoms with E-state index in [-0.39, 0.29) is 5.69 Å². The molecule has 0 spiro atoms. The molecule has 0 saturated carbocycles. The average Bonchev–Trinajstić information content (AvgIpc) is 2.38. The van der Waals surface area contributed by atoms with Crippen LogP contribution in [0.2, 0.25) is 0 Å². The van der Waals surface area contributed by atoms with Crippen LogP contribution >= 0.6 is 0 Å². The van der Waals surface area contributed by atoms with Gasteiger partial charge in [0.05, 0.1) is 11.3 Å². The Balaban J connectivity index is 2.58. The highest BCUT2D eigenvalue weighted by atomic mass is 19.4. The smallest absolute Gasteiger partial charge is 0.236 e. The normalized spacial score (nSPS) is 11.1. The Morgan fingerprint density at radius 1 is 1.21 bits per heavy atom. The summed E-state index contributed by atoms with van der Waals surface area (Å²) >= 11 is 0. The number of hydrogen-bond acceptors (Lipinski definition) is 3. The van der Waals surface area contributed by atoms with Crippen LogP contribution < -0.4 is 0 Å². The Morgan fingerprint density at radius 3 is 2.58 bits per heavy atom. The molecule has 2 aromatic rings. The number of benzene rings is 1. The molecule has 19 heavy (non-hydrogen) atoms. The summed E-state index contributed by atoms with van der Waals surface area (Å²) in [7, 11) is 0. The van der Waals surface area contributed by atoms with E-state index >= 15 is 0 Å². The lowest BCUT2D eigenvalue weighted by Crippen LogP contribution is -2.05. The van der Waals surface area contributed by atoms with Crippen molar-refractivity contribution in [3.63, 3.8) is 0 Å². The summed E-state index contributed by atoms with van der Waals surface area (Å²) in [6, 6.07) is 6.71. The number of nitriles is 1. The van der Waals surface area contributed by atoms with E-state index in [1.54, 1.807) is 6.92 Å². The first-order chi connectivity index (χ1) is 8.93. The third-order valence-corrected chi connectivity index (χ3v) is 2.65. The maximum absolute atomic E-state index is 12.6. The molecule has 96 valence electrons. The Hall–Kier alpha value is -2.42. The maximum atomic E-state index is 12.6. The predicted octanol–water partition coefficient (Wildman–Crippen LogP) is 3.34. The Kier molecular flexibility index (Phi) is 3.21. The van der Waals surface area contributed by atoms with Crippen LogP contribution in [0.15, 0.2) is 30.6 Å². The zero-order valence-corrected chi connectivity index (χ0v) is 9.86. The molecule has 0 aliphatic carbocycles. The zero-order chi connectivity index (χ0) is 14.0. The van der Waals surface area contributed by atoms with Crippen LogP contribution in [-0.2, 0) is 6.18 Å². The molecule has 2 rings (SSSR count). The molecule has 0 saturated heterocycles. The minimum Gasteiger partial charge on any atom is -0.236 e. The van der Waals surface area contributed by atoms with E-state index in [2.05, 4.69) is 9.97 Å². The molecule has 0 bridgehead atoms. The van der Waals surface area contributed by atoms with Crippen molar-refractivity contribution in [2.45, 2.75) is 13.1 Å². The van der Waals surface area contributed by atoms with Gasteiger partial charge in [-0.25, -0.2) is 9.97 Å². The highest BCUT2D eigenvalue weighted by Crippen LogP contribution is 2.32. The minimum atomic E-state index is -4.41. The van der Waals surface area contributed by atoms with Crippen molar-refractivity contribution >= 4 is 0 Å². The number of halogens is 3. The fraction of sp³-hybridized carbons (Fsp3) is 0.154. The first kappa shape index (κ1) is 13.0. The molecule has 0 aliphatic rings. The van der Waals surface area contributed by atoms with Gasteiger partial charge >= 0.3 is 6.18 Å². The van der Waals surface area contributed by atoms with E-state index in [1.807, 2.05) is 6.07 Å². The van der Waals surface area contributed by atoms with Crippen LogP contribution in [0, 0.1) is 18.3 Å². The maximum Gasteiger partial charge on any atom is 0.416 e. The average molecular weight is 263 g/mol. The van der Waals surface area contributed by atoms with Crippen molar-refractivity contribution in [2.24, 2.45) is 0 Å². The second-order valence-electron chi connectivity index (χ2n) is 3.89. The molecule has 6 heteroatoms. The monoisotopic (exact) mass is 263 g/mol. The van der Waals surface area contributed by atoms with Gasteiger partial charge in [-0.05, 0) is 19.1 Å². The third-order valence-electron chi connectivity index (χ3n) is 2.65. The number of alkyl halides is 3. The molecule has 0 amide bonds. The van der Waals surface area contributed by atoms with Crippen molar-refractivity contribution < 1.29 is 13.2 Å². The summed E-state index contributed by atoms with van der Waals surface area (Å²) in [6.45, 7) is 1.61. The first-order valence-corrected chi connectivity index (χ1v) is 5.33. The van der Waals surface area contributed by atoms with Gasteiger partial charge in [-0.1, -0.05) is 12.1 Å². The van der Waals surface area contributed by atoms with Crippen LogP contribution in [0.1, 0.15) is 16.8 Å². The van der Waals surface area contributed by atoms with Gasteiger partial charge in [-0.3, -0.25) is 0 Å². The SMILES string of the molecule is Cc1c(C#N)ncnc1-c1cccc(C(F)(F)F)c1. The lowest BCUT2D eigenvalue weighted by molar-refractivity contribution is -0.137. The molecule has 1 heterocycles. The predicted molar refractivity (Wildman–Crippen MR) is 61.9 cm³/mol. The number of aromatic nitrogens is 2. The van der Waals surface area contributed by atoms with Crippen LogP contribution in [0.4, 0.5) is 13.2 Å². The molecule has 1 aromatic heterocycles. The lowest BCUT2D eigenvalue weighted by Gasteiger charge is -2.10. The van der Waals surface area contributed by atoms with Gasteiger partial charge < -0.3 is 0 Å². The van der Waals surface area contributed by atoms with E-state index in [9.17, 15) is 13.2 Å². The van der Waals surface area contributed by atoms with Gasteiger partial charge in [0.1, 0.15) is 18.1 Å². The minimum absolute atomic E-state index is 0.155. The Bertz CT molecular complexity index is 657. The van der Waals surface area contributed by atoms with Crippen molar-refractivity contribution in [2.75, 3.05) is 0 Å². The van der Waals surface area contributed by atoms with Crippen molar-refractivity contribution in [1.29, 1.82) is 5.26 Å². The first-order valence-electron chi connectivity index (χ1n) is 5.33. The van der Waals surface area contributed by atoms with Crippen molar-refractivity contribution in [1.82, 2.24) is 9.97 Å². The van der Waals surface area contributed by atoms with Crippen LogP contribution in [0.3, 0.4) is 0 Å². The van der Waals surface area contributed by atoms with Crippen LogP contribution in [0.5, 0.6) is 0 Å². The number of rotatable bonds is 1. The number of hydrogen-bond donors (Lipinski definition) is 0. The quantitative estimate of drug-likeness (QED) is 0.792. The molecule has 0 N–H and O–H groups in total. The van der Waals surface area contributed by atoms with E-state index in [4.69, 9.17) is 5.26 Å². The summed E-state index contributed by atoms with van der Waals surface area (Å²) in [6.07, 6.45) is -3.24. The van der Waals surface area contributed by atoms with Gasteiger partial charge in [-0.15, -0.1) is 0 Å². The molecule has 0 unspecified atom stereocenters. The van der Waals surface area contributed by atoms with Gasteiger partial charge in [-0.2, -0.15) is 18.4 Å². The zero-order valence-electron chi connectivity index (χ0n) is 9.86. The molecule has 0 radical (unpaired) electrons. The molecule has 0 aliphatic heterocycles. The largest absolute Gasteiger partial charge is 0.416 e. The lowest BCUT2D eigenvalue weighted by atomic mass is 10.0. The Labute approximate surface area is 107 Å². The molecule has 0 fully saturated rings. The fourth-order valence-corrected chi connectivity index (χ4v) is 1.70. The summed E-state index contributed by atoms with van der Waals surface area (Å²) in [5.74, 6) is 0. The van der Waals surface area contributed by atoms with Crippen molar-refractivity contribution in [3.8, 4) is 17.3 Å². The van der Waals surface area contributed by atoms with Gasteiger partial charge in [0.25, 0.3) is 0 Å². The number of nitrogens with zero attached hydrogens (tertiary/aromatic N) is 3. The van der Waals surface area contributed by atoms with E-state index in [1.165, 1.54) is 18.5 Å². The van der Waals surface area contributed by atoms with Gasteiger partial charge in [0.15, 0.2) is 0 Å². The van der Waals surface area contributed by atoms with Crippen LogP contribution in [0.25, 0.3) is 11.3 Å². The molecule has 3 nitrogen and oxygen atoms in total. The summed E-state index contributed by atoms with van der Waals surface area (Å²) in [5, 5.41) is 8.85. The second kappa shape index (κ2) is 4.69. The second-order valence-corrected chi connectivity index (χ2v) is 3.89. The van der Waals surface area contributed by atoms with E-state index < -0.39 is 11.7 Å². The van der Waals surface area contributed by atoms with Crippen LogP contribution in [-0.4, -0.2) is 9.97 Å². The van der Waals surface area contributed by atoms with Gasteiger partial charge in [0.2, 0.25) is 0 Å². The van der Waals surface area contributed by atoms with E-state index in [0.29, 0.717) is 16.8 Å².